The summed E-state index contributed by atoms with van der Waals surface area (Å²) >= 11 is 1.62. The van der Waals surface area contributed by atoms with Crippen LogP contribution in [0.2, 0.25) is 0 Å². The molecule has 3 heterocycles. The van der Waals surface area contributed by atoms with Gasteiger partial charge in [0.15, 0.2) is 0 Å². The number of nitrogens with zero attached hydrogens (tertiary/aromatic N) is 2. The summed E-state index contributed by atoms with van der Waals surface area (Å²) in [6.07, 6.45) is 3.42. The number of aromatic nitrogens is 1. The molecule has 0 aliphatic carbocycles. The Morgan fingerprint density at radius 1 is 1.33 bits per heavy atom. The molecule has 30 heavy (non-hydrogen) atoms. The first-order valence-electron chi connectivity index (χ1n) is 10.4. The third-order valence-corrected chi connectivity index (χ3v) is 6.39. The molecule has 1 aliphatic rings. The summed E-state index contributed by atoms with van der Waals surface area (Å²) in [5.41, 5.74) is 1.23. The zero-order valence-corrected chi connectivity index (χ0v) is 17.9. The Kier molecular flexibility index (Phi) is 6.59. The molecule has 1 atom stereocenters. The van der Waals surface area contributed by atoms with Crippen molar-refractivity contribution >= 4 is 22.9 Å². The molecule has 0 spiro atoms. The predicted molar refractivity (Wildman–Crippen MR) is 117 cm³/mol. The van der Waals surface area contributed by atoms with E-state index in [1.165, 1.54) is 6.07 Å². The van der Waals surface area contributed by atoms with E-state index in [1.54, 1.807) is 29.5 Å². The molecule has 1 aliphatic heterocycles. The number of halogens is 1. The average molecular weight is 428 g/mol. The van der Waals surface area contributed by atoms with Gasteiger partial charge in [0.2, 0.25) is 11.8 Å². The zero-order valence-electron chi connectivity index (χ0n) is 17.1. The Balaban J connectivity index is 1.28. The largest absolute Gasteiger partial charge is 0.440 e. The van der Waals surface area contributed by atoms with E-state index in [0.717, 1.165) is 55.2 Å². The maximum atomic E-state index is 13.7. The first kappa shape index (κ1) is 20.8. The summed E-state index contributed by atoms with van der Waals surface area (Å²) in [5, 5.41) is 4.70. The number of nitrogens with one attached hydrogen (secondary N) is 1. The Morgan fingerprint density at radius 3 is 3.00 bits per heavy atom. The number of amides is 1. The second kappa shape index (κ2) is 9.53. The molecule has 0 saturated carbocycles. The van der Waals surface area contributed by atoms with E-state index >= 15 is 0 Å². The fourth-order valence-electron chi connectivity index (χ4n) is 3.93. The number of oxazole rings is 1. The Hall–Kier alpha value is -2.51. The maximum absolute atomic E-state index is 13.7. The van der Waals surface area contributed by atoms with E-state index in [0.29, 0.717) is 18.2 Å². The number of anilines is 1. The number of aryl methyl sites for hydroxylation is 1. The van der Waals surface area contributed by atoms with Gasteiger partial charge in [-0.2, -0.15) is 0 Å². The standard InChI is InChI=1S/C23H26FN3O2S/c1-16-20(26-23(29-16)21-9-5-13-30-21)15-27-12-4-6-17(14-27)10-11-22(28)25-19-8-3-2-7-18(19)24/h2-3,5,7-9,13,17H,4,6,10-12,14-15H2,1H3,(H,25,28)/t17-/m0/s1. The number of piperidine rings is 1. The van der Waals surface area contributed by atoms with E-state index < -0.39 is 5.82 Å². The number of benzene rings is 1. The van der Waals surface area contributed by atoms with E-state index in [2.05, 4.69) is 10.2 Å². The molecule has 1 aromatic carbocycles. The molecule has 0 unspecified atom stereocenters. The van der Waals surface area contributed by atoms with Crippen LogP contribution in [0.1, 0.15) is 37.1 Å². The molecule has 3 aromatic rings. The van der Waals surface area contributed by atoms with Crippen molar-refractivity contribution in [2.75, 3.05) is 18.4 Å². The van der Waals surface area contributed by atoms with Crippen molar-refractivity contribution in [1.29, 1.82) is 0 Å². The van der Waals surface area contributed by atoms with Gasteiger partial charge in [0.05, 0.1) is 16.3 Å². The molecule has 1 saturated heterocycles. The van der Waals surface area contributed by atoms with Crippen LogP contribution in [-0.4, -0.2) is 28.9 Å². The predicted octanol–water partition coefficient (Wildman–Crippen LogP) is 5.48. The number of carbonyl (C=O) groups is 1. The van der Waals surface area contributed by atoms with Gasteiger partial charge in [0.25, 0.3) is 0 Å². The minimum absolute atomic E-state index is 0.134. The summed E-state index contributed by atoms with van der Waals surface area (Å²) in [7, 11) is 0. The monoisotopic (exact) mass is 427 g/mol. The molecule has 1 N–H and O–H groups in total. The van der Waals surface area contributed by atoms with Crippen molar-refractivity contribution in [2.24, 2.45) is 5.92 Å². The van der Waals surface area contributed by atoms with Gasteiger partial charge in [-0.05, 0) is 62.2 Å². The van der Waals surface area contributed by atoms with Crippen LogP contribution in [0.25, 0.3) is 10.8 Å². The van der Waals surface area contributed by atoms with E-state index in [-0.39, 0.29) is 11.6 Å². The summed E-state index contributed by atoms with van der Waals surface area (Å²) in [5.74, 6) is 1.47. The van der Waals surface area contributed by atoms with Crippen molar-refractivity contribution in [1.82, 2.24) is 9.88 Å². The summed E-state index contributed by atoms with van der Waals surface area (Å²) in [4.78, 5) is 20.4. The SMILES string of the molecule is Cc1oc(-c2cccs2)nc1CN1CCC[C@@H](CCC(=O)Nc2ccccc2F)C1. The Bertz CT molecular complexity index is 986. The van der Waals surface area contributed by atoms with Gasteiger partial charge >= 0.3 is 0 Å². The molecular formula is C23H26FN3O2S. The highest BCUT2D eigenvalue weighted by Crippen LogP contribution is 2.28. The Morgan fingerprint density at radius 2 is 2.20 bits per heavy atom. The lowest BCUT2D eigenvalue weighted by atomic mass is 9.93. The van der Waals surface area contributed by atoms with Crippen LogP contribution >= 0.6 is 11.3 Å². The second-order valence-corrected chi connectivity index (χ2v) is 8.76. The van der Waals surface area contributed by atoms with Crippen molar-refractivity contribution in [3.05, 3.63) is 59.0 Å². The van der Waals surface area contributed by atoms with E-state index in [1.807, 2.05) is 24.4 Å². The quantitative estimate of drug-likeness (QED) is 0.542. The van der Waals surface area contributed by atoms with Crippen LogP contribution in [0.3, 0.4) is 0 Å². The molecule has 2 aromatic heterocycles. The first-order valence-corrected chi connectivity index (χ1v) is 11.2. The van der Waals surface area contributed by atoms with Gasteiger partial charge in [-0.3, -0.25) is 9.69 Å². The van der Waals surface area contributed by atoms with Crippen LogP contribution < -0.4 is 5.32 Å². The number of rotatable bonds is 7. The van der Waals surface area contributed by atoms with Crippen LogP contribution in [0.4, 0.5) is 10.1 Å². The first-order chi connectivity index (χ1) is 14.6. The van der Waals surface area contributed by atoms with E-state index in [9.17, 15) is 9.18 Å². The van der Waals surface area contributed by atoms with E-state index in [4.69, 9.17) is 9.40 Å². The van der Waals surface area contributed by atoms with Gasteiger partial charge in [-0.25, -0.2) is 9.37 Å². The fraction of sp³-hybridized carbons (Fsp3) is 0.391. The average Bonchev–Trinajstić information content (AvgIpc) is 3.39. The Labute approximate surface area is 179 Å². The maximum Gasteiger partial charge on any atom is 0.236 e. The number of para-hydroxylation sites is 1. The lowest BCUT2D eigenvalue weighted by molar-refractivity contribution is -0.116. The van der Waals surface area contributed by atoms with Crippen LogP contribution in [0.15, 0.2) is 46.2 Å². The van der Waals surface area contributed by atoms with Crippen LogP contribution in [-0.2, 0) is 11.3 Å². The van der Waals surface area contributed by atoms with Gasteiger partial charge in [-0.1, -0.05) is 18.2 Å². The normalized spacial score (nSPS) is 17.2. The lowest BCUT2D eigenvalue weighted by Gasteiger charge is -2.32. The number of likely N-dealkylation sites (tertiary alicyclic amines) is 1. The van der Waals surface area contributed by atoms with Gasteiger partial charge in [-0.15, -0.1) is 11.3 Å². The number of hydrogen-bond acceptors (Lipinski definition) is 5. The molecule has 1 amide bonds. The number of hydrogen-bond donors (Lipinski definition) is 1. The molecule has 1 fully saturated rings. The summed E-state index contributed by atoms with van der Waals surface area (Å²) in [6.45, 7) is 4.69. The van der Waals surface area contributed by atoms with Gasteiger partial charge in [0.1, 0.15) is 11.6 Å². The minimum atomic E-state index is -0.403. The molecule has 7 heteroatoms. The molecule has 0 bridgehead atoms. The smallest absolute Gasteiger partial charge is 0.236 e. The van der Waals surface area contributed by atoms with Crippen molar-refractivity contribution < 1.29 is 13.6 Å². The number of carbonyl (C=O) groups excluding carboxylic acids is 1. The van der Waals surface area contributed by atoms with Gasteiger partial charge < -0.3 is 9.73 Å². The highest BCUT2D eigenvalue weighted by molar-refractivity contribution is 7.13. The third-order valence-electron chi connectivity index (χ3n) is 5.53. The molecule has 5 nitrogen and oxygen atoms in total. The van der Waals surface area contributed by atoms with Gasteiger partial charge in [0, 0.05) is 19.5 Å². The van der Waals surface area contributed by atoms with Crippen LogP contribution in [0.5, 0.6) is 0 Å². The second-order valence-electron chi connectivity index (χ2n) is 7.81. The third kappa shape index (κ3) is 5.15. The molecule has 4 rings (SSSR count). The minimum Gasteiger partial charge on any atom is -0.440 e. The molecular weight excluding hydrogens is 401 g/mol. The summed E-state index contributed by atoms with van der Waals surface area (Å²) in [6, 6.07) is 10.3. The van der Waals surface area contributed by atoms with Crippen LogP contribution in [0, 0.1) is 18.7 Å². The van der Waals surface area contributed by atoms with Crippen molar-refractivity contribution in [3.8, 4) is 10.8 Å². The molecule has 0 radical (unpaired) electrons. The molecule has 158 valence electrons. The number of thiophene rings is 1. The highest BCUT2D eigenvalue weighted by Gasteiger charge is 2.23. The highest BCUT2D eigenvalue weighted by atomic mass is 32.1. The van der Waals surface area contributed by atoms with Crippen molar-refractivity contribution in [2.45, 2.75) is 39.2 Å². The topological polar surface area (TPSA) is 58.4 Å². The summed E-state index contributed by atoms with van der Waals surface area (Å²) < 4.78 is 19.6. The lowest BCUT2D eigenvalue weighted by Crippen LogP contribution is -2.35. The van der Waals surface area contributed by atoms with Crippen molar-refractivity contribution in [3.63, 3.8) is 0 Å². The fourth-order valence-corrected chi connectivity index (χ4v) is 4.58. The zero-order chi connectivity index (χ0) is 20.9.